The number of amides is 1. The van der Waals surface area contributed by atoms with Crippen LogP contribution in [0.1, 0.15) is 5.56 Å². The van der Waals surface area contributed by atoms with E-state index in [0.29, 0.717) is 28.0 Å². The van der Waals surface area contributed by atoms with Gasteiger partial charge in [0.2, 0.25) is 11.7 Å². The van der Waals surface area contributed by atoms with Crippen LogP contribution in [0.3, 0.4) is 0 Å². The summed E-state index contributed by atoms with van der Waals surface area (Å²) in [5, 5.41) is 20.7. The summed E-state index contributed by atoms with van der Waals surface area (Å²) in [7, 11) is 0. The molecule has 4 aromatic rings. The van der Waals surface area contributed by atoms with E-state index in [2.05, 4.69) is 15.5 Å². The zero-order valence-electron chi connectivity index (χ0n) is 15.1. The van der Waals surface area contributed by atoms with E-state index in [1.165, 1.54) is 11.8 Å². The summed E-state index contributed by atoms with van der Waals surface area (Å²) in [5.74, 6) is 1.14. The highest BCUT2D eigenvalue weighted by atomic mass is 32.2. The Hall–Kier alpha value is -3.83. The van der Waals surface area contributed by atoms with Gasteiger partial charge in [0.1, 0.15) is 0 Å². The van der Waals surface area contributed by atoms with E-state index in [1.807, 2.05) is 47.0 Å². The van der Waals surface area contributed by atoms with Crippen LogP contribution in [0.2, 0.25) is 0 Å². The summed E-state index contributed by atoms with van der Waals surface area (Å²) >= 11 is 1.28. The van der Waals surface area contributed by atoms with Crippen molar-refractivity contribution in [3.63, 3.8) is 0 Å². The standard InChI is InChI=1S/C21H15N5O2S/c22-13-15-8-10-16(11-9-15)23-19(27)14-29-21-25-24-20(18-7-4-12-28-18)26(21)17-5-2-1-3-6-17/h1-12H,14H2,(H,23,27). The number of aromatic nitrogens is 3. The van der Waals surface area contributed by atoms with Crippen LogP contribution in [-0.2, 0) is 4.79 Å². The number of hydrogen-bond acceptors (Lipinski definition) is 6. The zero-order chi connectivity index (χ0) is 20.1. The quantitative estimate of drug-likeness (QED) is 0.488. The van der Waals surface area contributed by atoms with E-state index in [4.69, 9.17) is 9.68 Å². The minimum atomic E-state index is -0.179. The van der Waals surface area contributed by atoms with Crippen LogP contribution in [0, 0.1) is 11.3 Å². The van der Waals surface area contributed by atoms with Crippen LogP contribution >= 0.6 is 11.8 Å². The molecule has 0 saturated carbocycles. The number of carbonyl (C=O) groups is 1. The Labute approximate surface area is 171 Å². The third-order valence-electron chi connectivity index (χ3n) is 4.02. The number of para-hydroxylation sites is 1. The maximum absolute atomic E-state index is 12.4. The van der Waals surface area contributed by atoms with Crippen molar-refractivity contribution in [2.75, 3.05) is 11.1 Å². The Kier molecular flexibility index (Phi) is 5.40. The summed E-state index contributed by atoms with van der Waals surface area (Å²) in [6, 6.07) is 22.0. The van der Waals surface area contributed by atoms with Crippen molar-refractivity contribution < 1.29 is 9.21 Å². The number of nitrogens with zero attached hydrogens (tertiary/aromatic N) is 4. The molecular weight excluding hydrogens is 386 g/mol. The first-order chi connectivity index (χ1) is 14.2. The number of rotatable bonds is 6. The molecule has 0 aliphatic rings. The lowest BCUT2D eigenvalue weighted by Crippen LogP contribution is -2.14. The van der Waals surface area contributed by atoms with E-state index in [0.717, 1.165) is 5.69 Å². The molecule has 2 aromatic heterocycles. The van der Waals surface area contributed by atoms with Crippen molar-refractivity contribution in [3.05, 3.63) is 78.6 Å². The van der Waals surface area contributed by atoms with Gasteiger partial charge in [-0.15, -0.1) is 10.2 Å². The minimum Gasteiger partial charge on any atom is -0.461 e. The van der Waals surface area contributed by atoms with Gasteiger partial charge in [-0.25, -0.2) is 0 Å². The van der Waals surface area contributed by atoms with Gasteiger partial charge < -0.3 is 9.73 Å². The van der Waals surface area contributed by atoms with Gasteiger partial charge in [0.05, 0.1) is 23.6 Å². The number of thioether (sulfide) groups is 1. The van der Waals surface area contributed by atoms with Crippen LogP contribution < -0.4 is 5.32 Å². The Balaban J connectivity index is 1.52. The van der Waals surface area contributed by atoms with Crippen molar-refractivity contribution in [3.8, 4) is 23.3 Å². The van der Waals surface area contributed by atoms with Crippen molar-refractivity contribution in [1.82, 2.24) is 14.8 Å². The maximum atomic E-state index is 12.4. The molecule has 0 saturated heterocycles. The highest BCUT2D eigenvalue weighted by Crippen LogP contribution is 2.28. The fourth-order valence-electron chi connectivity index (χ4n) is 2.69. The Morgan fingerprint density at radius 2 is 1.86 bits per heavy atom. The predicted octanol–water partition coefficient (Wildman–Crippen LogP) is 4.13. The number of furan rings is 1. The minimum absolute atomic E-state index is 0.156. The van der Waals surface area contributed by atoms with Gasteiger partial charge in [-0.05, 0) is 48.5 Å². The Morgan fingerprint density at radius 3 is 2.55 bits per heavy atom. The molecule has 0 bridgehead atoms. The summed E-state index contributed by atoms with van der Waals surface area (Å²) in [5.41, 5.74) is 2.05. The van der Waals surface area contributed by atoms with Gasteiger partial charge in [0.15, 0.2) is 10.9 Å². The second-order valence-electron chi connectivity index (χ2n) is 5.98. The summed E-state index contributed by atoms with van der Waals surface area (Å²) < 4.78 is 7.34. The molecule has 0 spiro atoms. The smallest absolute Gasteiger partial charge is 0.234 e. The molecule has 1 N–H and O–H groups in total. The summed E-state index contributed by atoms with van der Waals surface area (Å²) in [6.07, 6.45) is 1.58. The second kappa shape index (κ2) is 8.46. The van der Waals surface area contributed by atoms with Gasteiger partial charge in [-0.3, -0.25) is 9.36 Å². The third-order valence-corrected chi connectivity index (χ3v) is 4.95. The Morgan fingerprint density at radius 1 is 1.07 bits per heavy atom. The Bertz CT molecular complexity index is 1150. The predicted molar refractivity (Wildman–Crippen MR) is 110 cm³/mol. The van der Waals surface area contributed by atoms with Crippen molar-refractivity contribution in [2.45, 2.75) is 5.16 Å². The second-order valence-corrected chi connectivity index (χ2v) is 6.92. The average molecular weight is 401 g/mol. The number of nitrogens with one attached hydrogen (secondary N) is 1. The van der Waals surface area contributed by atoms with E-state index in [9.17, 15) is 4.79 Å². The van der Waals surface area contributed by atoms with Crippen LogP contribution in [-0.4, -0.2) is 26.4 Å². The van der Waals surface area contributed by atoms with Crippen LogP contribution in [0.4, 0.5) is 5.69 Å². The number of anilines is 1. The molecule has 1 amide bonds. The maximum Gasteiger partial charge on any atom is 0.234 e. The molecule has 2 heterocycles. The molecule has 0 unspecified atom stereocenters. The number of carbonyl (C=O) groups excluding carboxylic acids is 1. The highest BCUT2D eigenvalue weighted by molar-refractivity contribution is 7.99. The molecule has 0 aliphatic heterocycles. The third kappa shape index (κ3) is 4.20. The normalized spacial score (nSPS) is 10.4. The average Bonchev–Trinajstić information content (AvgIpc) is 3.43. The number of nitriles is 1. The molecule has 7 nitrogen and oxygen atoms in total. The fourth-order valence-corrected chi connectivity index (χ4v) is 3.45. The first-order valence-electron chi connectivity index (χ1n) is 8.72. The zero-order valence-corrected chi connectivity index (χ0v) is 16.0. The molecule has 4 rings (SSSR count). The monoisotopic (exact) mass is 401 g/mol. The van der Waals surface area contributed by atoms with E-state index in [-0.39, 0.29) is 11.7 Å². The molecule has 0 aliphatic carbocycles. The van der Waals surface area contributed by atoms with E-state index in [1.54, 1.807) is 36.6 Å². The van der Waals surface area contributed by atoms with Crippen LogP contribution in [0.5, 0.6) is 0 Å². The van der Waals surface area contributed by atoms with Crippen molar-refractivity contribution in [1.29, 1.82) is 5.26 Å². The fraction of sp³-hybridized carbons (Fsp3) is 0.0476. The molecular formula is C21H15N5O2S. The van der Waals surface area contributed by atoms with Crippen molar-refractivity contribution >= 4 is 23.4 Å². The molecule has 8 heteroatoms. The number of benzene rings is 2. The van der Waals surface area contributed by atoms with Gasteiger partial charge in [-0.2, -0.15) is 5.26 Å². The van der Waals surface area contributed by atoms with E-state index < -0.39 is 0 Å². The van der Waals surface area contributed by atoms with Crippen LogP contribution in [0.15, 0.2) is 82.6 Å². The SMILES string of the molecule is N#Cc1ccc(NC(=O)CSc2nnc(-c3ccco3)n2-c2ccccc2)cc1. The topological polar surface area (TPSA) is 96.7 Å². The largest absolute Gasteiger partial charge is 0.461 e. The van der Waals surface area contributed by atoms with Gasteiger partial charge in [-0.1, -0.05) is 30.0 Å². The first-order valence-corrected chi connectivity index (χ1v) is 9.70. The van der Waals surface area contributed by atoms with Gasteiger partial charge in [0.25, 0.3) is 0 Å². The summed E-state index contributed by atoms with van der Waals surface area (Å²) in [6.45, 7) is 0. The lowest BCUT2D eigenvalue weighted by molar-refractivity contribution is -0.113. The molecule has 0 radical (unpaired) electrons. The lowest BCUT2D eigenvalue weighted by Gasteiger charge is -2.09. The molecule has 142 valence electrons. The lowest BCUT2D eigenvalue weighted by atomic mass is 10.2. The van der Waals surface area contributed by atoms with Gasteiger partial charge >= 0.3 is 0 Å². The number of hydrogen-bond donors (Lipinski definition) is 1. The summed E-state index contributed by atoms with van der Waals surface area (Å²) in [4.78, 5) is 12.4. The molecule has 0 atom stereocenters. The van der Waals surface area contributed by atoms with Crippen LogP contribution in [0.25, 0.3) is 17.3 Å². The van der Waals surface area contributed by atoms with E-state index >= 15 is 0 Å². The molecule has 29 heavy (non-hydrogen) atoms. The first kappa shape index (κ1) is 18.5. The van der Waals surface area contributed by atoms with Crippen molar-refractivity contribution in [2.24, 2.45) is 0 Å². The molecule has 2 aromatic carbocycles. The highest BCUT2D eigenvalue weighted by Gasteiger charge is 2.18. The molecule has 0 fully saturated rings. The van der Waals surface area contributed by atoms with Gasteiger partial charge in [0, 0.05) is 11.4 Å².